The molecule has 7 nitrogen and oxygen atoms in total. The highest BCUT2D eigenvalue weighted by Gasteiger charge is 2.25. The summed E-state index contributed by atoms with van der Waals surface area (Å²) >= 11 is 5.76. The molecule has 0 unspecified atom stereocenters. The van der Waals surface area contributed by atoms with Crippen LogP contribution in [0.2, 0.25) is 5.02 Å². The van der Waals surface area contributed by atoms with Crippen LogP contribution < -0.4 is 5.32 Å². The van der Waals surface area contributed by atoms with Crippen LogP contribution in [0.4, 0.5) is 4.39 Å². The van der Waals surface area contributed by atoms with Crippen LogP contribution in [0.5, 0.6) is 0 Å². The van der Waals surface area contributed by atoms with Crippen molar-refractivity contribution in [2.75, 3.05) is 6.61 Å². The molecule has 3 N–H and O–H groups in total. The van der Waals surface area contributed by atoms with E-state index in [-0.39, 0.29) is 24.5 Å². The Kier molecular flexibility index (Phi) is 8.32. The van der Waals surface area contributed by atoms with E-state index < -0.39 is 35.8 Å². The molecule has 0 aromatic heterocycles. The molecule has 30 heavy (non-hydrogen) atoms. The lowest BCUT2D eigenvalue weighted by Crippen LogP contribution is -2.43. The number of carbonyl (C=O) groups is 3. The minimum atomic E-state index is -1.68. The Balaban J connectivity index is 2.16. The predicted molar refractivity (Wildman–Crippen MR) is 107 cm³/mol. The molecule has 2 aromatic carbocycles. The van der Waals surface area contributed by atoms with Crippen LogP contribution in [-0.4, -0.2) is 46.8 Å². The average molecular weight is 438 g/mol. The van der Waals surface area contributed by atoms with Gasteiger partial charge in [0.05, 0.1) is 6.61 Å². The molecule has 0 spiro atoms. The first-order valence-electron chi connectivity index (χ1n) is 9.14. The molecule has 0 saturated heterocycles. The van der Waals surface area contributed by atoms with E-state index in [2.05, 4.69) is 5.32 Å². The Hall–Kier alpha value is -2.97. The van der Waals surface area contributed by atoms with E-state index in [1.165, 1.54) is 6.07 Å². The van der Waals surface area contributed by atoms with Gasteiger partial charge in [0.15, 0.2) is 6.10 Å². The summed E-state index contributed by atoms with van der Waals surface area (Å²) in [5, 5.41) is 21.3. The number of carboxylic acids is 1. The van der Waals surface area contributed by atoms with Crippen molar-refractivity contribution in [3.05, 3.63) is 58.9 Å². The molecule has 0 heterocycles. The van der Waals surface area contributed by atoms with Crippen LogP contribution in [0, 0.1) is 5.82 Å². The summed E-state index contributed by atoms with van der Waals surface area (Å²) in [5.41, 5.74) is 1.64. The van der Waals surface area contributed by atoms with Crippen molar-refractivity contribution in [2.45, 2.75) is 31.9 Å². The number of hydrogen-bond acceptors (Lipinski definition) is 5. The van der Waals surface area contributed by atoms with Gasteiger partial charge in [-0.1, -0.05) is 35.9 Å². The van der Waals surface area contributed by atoms with Crippen molar-refractivity contribution in [2.24, 2.45) is 0 Å². The number of amides is 1. The monoisotopic (exact) mass is 437 g/mol. The molecular weight excluding hydrogens is 417 g/mol. The number of carbonyl (C=O) groups excluding carboxylic acids is 2. The summed E-state index contributed by atoms with van der Waals surface area (Å²) in [4.78, 5) is 34.1. The highest BCUT2D eigenvalue weighted by Crippen LogP contribution is 2.26. The van der Waals surface area contributed by atoms with Crippen LogP contribution in [0.1, 0.15) is 18.9 Å². The first-order valence-corrected chi connectivity index (χ1v) is 9.52. The van der Waals surface area contributed by atoms with Crippen molar-refractivity contribution < 1.29 is 33.7 Å². The maximum Gasteiger partial charge on any atom is 0.394 e. The lowest BCUT2D eigenvalue weighted by Gasteiger charge is -2.20. The largest absolute Gasteiger partial charge is 0.474 e. The minimum absolute atomic E-state index is 0.0742. The van der Waals surface area contributed by atoms with Gasteiger partial charge in [-0.15, -0.1) is 0 Å². The van der Waals surface area contributed by atoms with Gasteiger partial charge in [-0.3, -0.25) is 4.79 Å². The van der Waals surface area contributed by atoms with Gasteiger partial charge in [0.1, 0.15) is 5.82 Å². The number of halogens is 2. The summed E-state index contributed by atoms with van der Waals surface area (Å²) < 4.78 is 18.8. The summed E-state index contributed by atoms with van der Waals surface area (Å²) in [6.45, 7) is 1.66. The maximum absolute atomic E-state index is 14.1. The van der Waals surface area contributed by atoms with Crippen molar-refractivity contribution in [1.82, 2.24) is 5.32 Å². The number of esters is 1. The predicted octanol–water partition coefficient (Wildman–Crippen LogP) is 2.57. The summed E-state index contributed by atoms with van der Waals surface area (Å²) in [6.07, 6.45) is -1.61. The number of rotatable bonds is 8. The number of benzene rings is 2. The molecular formula is C21H21ClFNO6. The van der Waals surface area contributed by atoms with Gasteiger partial charge in [0, 0.05) is 23.0 Å². The average Bonchev–Trinajstić information content (AvgIpc) is 2.68. The molecule has 0 radical (unpaired) electrons. The molecule has 0 aliphatic heterocycles. The molecule has 0 bridgehead atoms. The second-order valence-electron chi connectivity index (χ2n) is 6.50. The summed E-state index contributed by atoms with van der Waals surface area (Å²) in [5.74, 6) is -4.27. The van der Waals surface area contributed by atoms with Gasteiger partial charge < -0.3 is 20.3 Å². The lowest BCUT2D eigenvalue weighted by molar-refractivity contribution is -0.154. The molecule has 160 valence electrons. The topological polar surface area (TPSA) is 113 Å². The van der Waals surface area contributed by atoms with E-state index >= 15 is 0 Å². The standard InChI is InChI=1S/C21H21ClFNO6/c1-2-30-21(29)18(25)11-15(24-19(26)20(27)28)9-12-3-5-13(6-4-12)16-8-7-14(22)10-17(16)23/h3-8,10,15,18,25H,2,9,11H2,1H3,(H,24,26)(H,27,28)/t15-,18-/m1/s1. The van der Waals surface area contributed by atoms with Gasteiger partial charge in [0.2, 0.25) is 0 Å². The van der Waals surface area contributed by atoms with Crippen LogP contribution in [0.25, 0.3) is 11.1 Å². The van der Waals surface area contributed by atoms with E-state index in [0.717, 1.165) is 0 Å². The molecule has 0 aliphatic rings. The molecule has 2 rings (SSSR count). The van der Waals surface area contributed by atoms with E-state index in [0.29, 0.717) is 16.7 Å². The molecule has 2 atom stereocenters. The third-order valence-corrected chi connectivity index (χ3v) is 4.51. The Morgan fingerprint density at radius 2 is 1.83 bits per heavy atom. The van der Waals surface area contributed by atoms with Crippen LogP contribution in [0.15, 0.2) is 42.5 Å². The molecule has 9 heteroatoms. The first-order chi connectivity index (χ1) is 14.2. The van der Waals surface area contributed by atoms with Crippen molar-refractivity contribution in [1.29, 1.82) is 0 Å². The second kappa shape index (κ2) is 10.7. The van der Waals surface area contributed by atoms with E-state index in [9.17, 15) is 23.9 Å². The normalized spacial score (nSPS) is 12.7. The zero-order valence-electron chi connectivity index (χ0n) is 16.1. The highest BCUT2D eigenvalue weighted by atomic mass is 35.5. The van der Waals surface area contributed by atoms with Crippen molar-refractivity contribution in [3.8, 4) is 11.1 Å². The number of aliphatic carboxylic acids is 1. The first kappa shape index (κ1) is 23.3. The SMILES string of the molecule is CCOC(=O)[C@H](O)C[C@@H](Cc1ccc(-c2ccc(Cl)cc2F)cc1)NC(=O)C(=O)O. The zero-order chi connectivity index (χ0) is 22.3. The third-order valence-electron chi connectivity index (χ3n) is 4.27. The highest BCUT2D eigenvalue weighted by molar-refractivity contribution is 6.31. The Morgan fingerprint density at radius 1 is 1.17 bits per heavy atom. The van der Waals surface area contributed by atoms with Crippen molar-refractivity contribution >= 4 is 29.4 Å². The Bertz CT molecular complexity index is 918. The fourth-order valence-corrected chi connectivity index (χ4v) is 3.03. The van der Waals surface area contributed by atoms with Crippen LogP contribution in [0.3, 0.4) is 0 Å². The fourth-order valence-electron chi connectivity index (χ4n) is 2.87. The maximum atomic E-state index is 14.1. The number of aliphatic hydroxyl groups excluding tert-OH is 1. The van der Waals surface area contributed by atoms with Gasteiger partial charge >= 0.3 is 17.8 Å². The van der Waals surface area contributed by atoms with Crippen LogP contribution >= 0.6 is 11.6 Å². The van der Waals surface area contributed by atoms with Gasteiger partial charge in [-0.2, -0.15) is 0 Å². The molecule has 0 fully saturated rings. The number of ether oxygens (including phenoxy) is 1. The zero-order valence-corrected chi connectivity index (χ0v) is 16.9. The fraction of sp³-hybridized carbons (Fsp3) is 0.286. The van der Waals surface area contributed by atoms with Crippen LogP contribution in [-0.2, 0) is 25.5 Å². The summed E-state index contributed by atoms with van der Waals surface area (Å²) in [7, 11) is 0. The number of carboxylic acid groups (broad SMARTS) is 1. The molecule has 2 aromatic rings. The third kappa shape index (κ3) is 6.53. The Labute approximate surface area is 177 Å². The van der Waals surface area contributed by atoms with Gasteiger partial charge in [-0.05, 0) is 42.7 Å². The molecule has 0 saturated carbocycles. The number of aliphatic hydroxyl groups is 1. The lowest BCUT2D eigenvalue weighted by atomic mass is 9.97. The minimum Gasteiger partial charge on any atom is -0.474 e. The van der Waals surface area contributed by atoms with E-state index in [4.69, 9.17) is 21.4 Å². The van der Waals surface area contributed by atoms with E-state index in [1.54, 1.807) is 43.3 Å². The molecule has 1 amide bonds. The van der Waals surface area contributed by atoms with E-state index in [1.807, 2.05) is 0 Å². The number of hydrogen-bond donors (Lipinski definition) is 3. The number of nitrogens with one attached hydrogen (secondary N) is 1. The second-order valence-corrected chi connectivity index (χ2v) is 6.94. The molecule has 0 aliphatic carbocycles. The van der Waals surface area contributed by atoms with Crippen molar-refractivity contribution in [3.63, 3.8) is 0 Å². The van der Waals surface area contributed by atoms with Gasteiger partial charge in [0.25, 0.3) is 0 Å². The van der Waals surface area contributed by atoms with Gasteiger partial charge in [-0.25, -0.2) is 14.0 Å². The smallest absolute Gasteiger partial charge is 0.394 e. The quantitative estimate of drug-likeness (QED) is 0.432. The summed E-state index contributed by atoms with van der Waals surface area (Å²) in [6, 6.07) is 10.2. The Morgan fingerprint density at radius 3 is 2.40 bits per heavy atom.